The van der Waals surface area contributed by atoms with Gasteiger partial charge in [-0.2, -0.15) is 4.98 Å². The lowest BCUT2D eigenvalue weighted by Crippen LogP contribution is -2.03. The molecule has 2 rings (SSSR count). The van der Waals surface area contributed by atoms with E-state index in [9.17, 15) is 4.39 Å². The average Bonchev–Trinajstić information content (AvgIpc) is 2.36. The molecule has 1 aromatic heterocycles. The van der Waals surface area contributed by atoms with Gasteiger partial charge in [0, 0.05) is 5.69 Å². The molecule has 0 fully saturated rings. The lowest BCUT2D eigenvalue weighted by Gasteiger charge is -2.10. The zero-order chi connectivity index (χ0) is 13.1. The van der Waals surface area contributed by atoms with Gasteiger partial charge in [-0.1, -0.05) is 11.6 Å². The summed E-state index contributed by atoms with van der Waals surface area (Å²) in [6.07, 6.45) is 1.30. The lowest BCUT2D eigenvalue weighted by molar-refractivity contribution is 0.399. The molecular weight excluding hydrogens is 259 g/mol. The predicted molar refractivity (Wildman–Crippen MR) is 67.7 cm³/mol. The second-order valence-electron chi connectivity index (χ2n) is 3.40. The van der Waals surface area contributed by atoms with Gasteiger partial charge in [-0.05, 0) is 18.2 Å². The Kier molecular flexibility index (Phi) is 3.47. The Hall–Kier alpha value is -2.08. The highest BCUT2D eigenvalue weighted by atomic mass is 35.5. The number of anilines is 3. The topological polar surface area (TPSA) is 73.1 Å². The molecule has 0 atom stereocenters. The van der Waals surface area contributed by atoms with Crippen LogP contribution < -0.4 is 15.8 Å². The Bertz CT molecular complexity index is 579. The Labute approximate surface area is 108 Å². The minimum absolute atomic E-state index is 0.0498. The van der Waals surface area contributed by atoms with Crippen LogP contribution in [0.2, 0.25) is 5.02 Å². The molecule has 1 heterocycles. The van der Waals surface area contributed by atoms with Gasteiger partial charge in [-0.15, -0.1) is 0 Å². The summed E-state index contributed by atoms with van der Waals surface area (Å²) < 4.78 is 18.2. The van der Waals surface area contributed by atoms with E-state index in [-0.39, 0.29) is 16.6 Å². The largest absolute Gasteiger partial charge is 0.479 e. The van der Waals surface area contributed by atoms with E-state index in [4.69, 9.17) is 22.1 Å². The van der Waals surface area contributed by atoms with Gasteiger partial charge in [-0.3, -0.25) is 0 Å². The van der Waals surface area contributed by atoms with Crippen molar-refractivity contribution in [3.8, 4) is 5.88 Å². The maximum Gasteiger partial charge on any atom is 0.242 e. The van der Waals surface area contributed by atoms with Crippen molar-refractivity contribution in [2.45, 2.75) is 0 Å². The van der Waals surface area contributed by atoms with E-state index in [0.717, 1.165) is 0 Å². The van der Waals surface area contributed by atoms with Gasteiger partial charge in [0.15, 0.2) is 5.82 Å². The van der Waals surface area contributed by atoms with Crippen molar-refractivity contribution < 1.29 is 9.13 Å². The number of rotatable bonds is 3. The van der Waals surface area contributed by atoms with Crippen molar-refractivity contribution in [2.75, 3.05) is 18.2 Å². The molecule has 18 heavy (non-hydrogen) atoms. The third kappa shape index (κ3) is 2.43. The molecule has 0 aliphatic rings. The highest BCUT2D eigenvalue weighted by molar-refractivity contribution is 6.30. The van der Waals surface area contributed by atoms with Gasteiger partial charge < -0.3 is 15.8 Å². The summed E-state index contributed by atoms with van der Waals surface area (Å²) >= 11 is 5.59. The minimum atomic E-state index is -0.527. The summed E-state index contributed by atoms with van der Waals surface area (Å²) in [4.78, 5) is 7.79. The molecule has 3 N–H and O–H groups in total. The number of ether oxygens (including phenoxy) is 1. The van der Waals surface area contributed by atoms with E-state index in [1.165, 1.54) is 25.6 Å². The number of nitrogens with two attached hydrogens (primary N) is 1. The number of hydrogen-bond donors (Lipinski definition) is 2. The molecule has 0 bridgehead atoms. The first-order valence-electron chi connectivity index (χ1n) is 4.98. The number of methoxy groups -OCH3 is 1. The molecule has 0 unspecified atom stereocenters. The van der Waals surface area contributed by atoms with Crippen molar-refractivity contribution in [3.63, 3.8) is 0 Å². The molecule has 0 aliphatic carbocycles. The monoisotopic (exact) mass is 268 g/mol. The number of nitrogens with zero attached hydrogens (tertiary/aromatic N) is 2. The molecule has 0 saturated heterocycles. The van der Waals surface area contributed by atoms with Gasteiger partial charge in [0.1, 0.15) is 17.8 Å². The van der Waals surface area contributed by atoms with E-state index in [0.29, 0.717) is 11.5 Å². The summed E-state index contributed by atoms with van der Waals surface area (Å²) in [5.41, 5.74) is 6.50. The maximum absolute atomic E-state index is 13.3. The second-order valence-corrected chi connectivity index (χ2v) is 3.81. The molecule has 5 nitrogen and oxygen atoms in total. The van der Waals surface area contributed by atoms with Gasteiger partial charge in [-0.25, -0.2) is 9.37 Å². The predicted octanol–water partition coefficient (Wildman–Crippen LogP) is 2.60. The summed E-state index contributed by atoms with van der Waals surface area (Å²) in [6, 6.07) is 4.30. The third-order valence-corrected chi connectivity index (χ3v) is 2.53. The molecule has 0 aliphatic heterocycles. The Morgan fingerprint density at radius 2 is 2.17 bits per heavy atom. The maximum atomic E-state index is 13.3. The zero-order valence-corrected chi connectivity index (χ0v) is 10.2. The van der Waals surface area contributed by atoms with Crippen LogP contribution in [-0.2, 0) is 0 Å². The standard InChI is InChI=1S/C11H10ClFN4O/c1-18-11-9(14)10(15-5-16-11)17-6-2-3-7(12)8(13)4-6/h2-5H,14H2,1H3,(H,15,16,17). The molecule has 2 aromatic rings. The summed E-state index contributed by atoms with van der Waals surface area (Å²) in [6.45, 7) is 0. The van der Waals surface area contributed by atoms with Gasteiger partial charge in [0.05, 0.1) is 12.1 Å². The van der Waals surface area contributed by atoms with Crippen molar-refractivity contribution in [1.29, 1.82) is 0 Å². The lowest BCUT2D eigenvalue weighted by atomic mass is 10.3. The molecule has 1 aromatic carbocycles. The van der Waals surface area contributed by atoms with Crippen LogP contribution in [0, 0.1) is 5.82 Å². The van der Waals surface area contributed by atoms with Crippen LogP contribution in [0.5, 0.6) is 5.88 Å². The summed E-state index contributed by atoms with van der Waals surface area (Å²) in [5.74, 6) is 0.0618. The first-order chi connectivity index (χ1) is 8.61. The average molecular weight is 269 g/mol. The zero-order valence-electron chi connectivity index (χ0n) is 9.45. The van der Waals surface area contributed by atoms with E-state index < -0.39 is 5.82 Å². The normalized spacial score (nSPS) is 10.2. The second kappa shape index (κ2) is 5.05. The molecule has 0 spiro atoms. The fourth-order valence-electron chi connectivity index (χ4n) is 1.35. The molecular formula is C11H10ClFN4O. The van der Waals surface area contributed by atoms with Crippen molar-refractivity contribution >= 4 is 28.8 Å². The SMILES string of the molecule is COc1ncnc(Nc2ccc(Cl)c(F)c2)c1N. The van der Waals surface area contributed by atoms with Gasteiger partial charge in [0.25, 0.3) is 0 Å². The van der Waals surface area contributed by atoms with Crippen LogP contribution in [0.3, 0.4) is 0 Å². The van der Waals surface area contributed by atoms with Crippen LogP contribution in [-0.4, -0.2) is 17.1 Å². The molecule has 0 saturated carbocycles. The number of hydrogen-bond acceptors (Lipinski definition) is 5. The fourth-order valence-corrected chi connectivity index (χ4v) is 1.47. The van der Waals surface area contributed by atoms with Crippen molar-refractivity contribution in [2.24, 2.45) is 0 Å². The summed E-state index contributed by atoms with van der Waals surface area (Å²) in [5, 5.41) is 2.91. The molecule has 94 valence electrons. The Balaban J connectivity index is 2.31. The number of nitrogen functional groups attached to an aromatic ring is 1. The van der Waals surface area contributed by atoms with Crippen LogP contribution in [0.15, 0.2) is 24.5 Å². The van der Waals surface area contributed by atoms with Crippen molar-refractivity contribution in [3.05, 3.63) is 35.4 Å². The van der Waals surface area contributed by atoms with E-state index in [1.54, 1.807) is 6.07 Å². The highest BCUT2D eigenvalue weighted by Gasteiger charge is 2.09. The van der Waals surface area contributed by atoms with E-state index in [2.05, 4.69) is 15.3 Å². The number of benzene rings is 1. The first kappa shape index (κ1) is 12.4. The van der Waals surface area contributed by atoms with Gasteiger partial charge in [0.2, 0.25) is 5.88 Å². The molecule has 0 amide bonds. The Morgan fingerprint density at radius 3 is 2.83 bits per heavy atom. The van der Waals surface area contributed by atoms with Crippen LogP contribution in [0.1, 0.15) is 0 Å². The molecule has 0 radical (unpaired) electrons. The smallest absolute Gasteiger partial charge is 0.242 e. The van der Waals surface area contributed by atoms with Gasteiger partial charge >= 0.3 is 0 Å². The fraction of sp³-hybridized carbons (Fsp3) is 0.0909. The number of aromatic nitrogens is 2. The minimum Gasteiger partial charge on any atom is -0.479 e. The van der Waals surface area contributed by atoms with Crippen LogP contribution in [0.25, 0.3) is 0 Å². The van der Waals surface area contributed by atoms with Crippen LogP contribution >= 0.6 is 11.6 Å². The first-order valence-corrected chi connectivity index (χ1v) is 5.36. The molecule has 7 heteroatoms. The number of nitrogens with one attached hydrogen (secondary N) is 1. The number of halogens is 2. The Morgan fingerprint density at radius 1 is 1.39 bits per heavy atom. The quantitative estimate of drug-likeness (QED) is 0.895. The van der Waals surface area contributed by atoms with E-state index >= 15 is 0 Å². The van der Waals surface area contributed by atoms with E-state index in [1.807, 2.05) is 0 Å². The van der Waals surface area contributed by atoms with Crippen molar-refractivity contribution in [1.82, 2.24) is 9.97 Å². The van der Waals surface area contributed by atoms with Crippen LogP contribution in [0.4, 0.5) is 21.6 Å². The third-order valence-electron chi connectivity index (χ3n) is 2.22. The summed E-state index contributed by atoms with van der Waals surface area (Å²) in [7, 11) is 1.45. The highest BCUT2D eigenvalue weighted by Crippen LogP contribution is 2.28.